The summed E-state index contributed by atoms with van der Waals surface area (Å²) < 4.78 is 2.11. The van der Waals surface area contributed by atoms with E-state index < -0.39 is 0 Å². The highest BCUT2D eigenvalue weighted by Crippen LogP contribution is 2.27. The van der Waals surface area contributed by atoms with Crippen molar-refractivity contribution in [1.29, 1.82) is 0 Å². The summed E-state index contributed by atoms with van der Waals surface area (Å²) in [5, 5.41) is 1.16. The zero-order valence-corrected chi connectivity index (χ0v) is 10.9. The highest BCUT2D eigenvalue weighted by atomic mass is 15.0. The number of benzene rings is 2. The second-order valence-corrected chi connectivity index (χ2v) is 4.91. The maximum Gasteiger partial charge on any atom is 0.160 e. The summed E-state index contributed by atoms with van der Waals surface area (Å²) in [5.41, 5.74) is 6.21. The fourth-order valence-electron chi connectivity index (χ4n) is 2.70. The van der Waals surface area contributed by atoms with Gasteiger partial charge in [-0.25, -0.2) is 9.97 Å². The molecule has 0 saturated heterocycles. The Balaban J connectivity index is 2.32. The average molecular weight is 247 g/mol. The van der Waals surface area contributed by atoms with Crippen molar-refractivity contribution in [3.05, 3.63) is 48.0 Å². The third-order valence-corrected chi connectivity index (χ3v) is 3.72. The first kappa shape index (κ1) is 10.5. The molecule has 0 atom stereocenters. The van der Waals surface area contributed by atoms with Crippen molar-refractivity contribution in [2.45, 2.75) is 6.92 Å². The quantitative estimate of drug-likeness (QED) is 0.475. The van der Waals surface area contributed by atoms with Gasteiger partial charge in [0, 0.05) is 12.4 Å². The molecule has 0 fully saturated rings. The van der Waals surface area contributed by atoms with Gasteiger partial charge < -0.3 is 4.57 Å². The van der Waals surface area contributed by atoms with Crippen molar-refractivity contribution >= 4 is 33.1 Å². The summed E-state index contributed by atoms with van der Waals surface area (Å²) in [5.74, 6) is 0. The van der Waals surface area contributed by atoms with Gasteiger partial charge in [-0.3, -0.25) is 0 Å². The van der Waals surface area contributed by atoms with Crippen molar-refractivity contribution in [1.82, 2.24) is 14.5 Å². The molecule has 4 aromatic rings. The molecule has 3 heteroatoms. The van der Waals surface area contributed by atoms with E-state index in [1.54, 1.807) is 0 Å². The minimum atomic E-state index is 0.947. The normalized spacial score (nSPS) is 11.7. The highest BCUT2D eigenvalue weighted by Gasteiger charge is 2.12. The second-order valence-electron chi connectivity index (χ2n) is 4.91. The summed E-state index contributed by atoms with van der Waals surface area (Å²) in [4.78, 5) is 9.62. The molecule has 0 N–H and O–H groups in total. The number of para-hydroxylation sites is 2. The van der Waals surface area contributed by atoms with Crippen LogP contribution in [0.1, 0.15) is 5.56 Å². The van der Waals surface area contributed by atoms with Crippen LogP contribution in [0.25, 0.3) is 33.1 Å². The minimum absolute atomic E-state index is 0.947. The molecule has 0 spiro atoms. The average Bonchev–Trinajstić information content (AvgIpc) is 2.72. The number of hydrogen-bond donors (Lipinski definition) is 0. The third-order valence-electron chi connectivity index (χ3n) is 3.72. The van der Waals surface area contributed by atoms with Crippen molar-refractivity contribution in [3.63, 3.8) is 0 Å². The Morgan fingerprint density at radius 1 is 0.895 bits per heavy atom. The molecule has 2 aromatic carbocycles. The molecule has 0 amide bonds. The van der Waals surface area contributed by atoms with Gasteiger partial charge in [-0.1, -0.05) is 30.3 Å². The van der Waals surface area contributed by atoms with Crippen LogP contribution in [-0.2, 0) is 7.05 Å². The van der Waals surface area contributed by atoms with Gasteiger partial charge in [-0.15, -0.1) is 0 Å². The molecule has 0 aliphatic rings. The van der Waals surface area contributed by atoms with E-state index in [2.05, 4.69) is 29.7 Å². The molecular formula is C16H13N3. The molecule has 0 aliphatic heterocycles. The van der Waals surface area contributed by atoms with E-state index in [4.69, 9.17) is 9.97 Å². The molecule has 19 heavy (non-hydrogen) atoms. The lowest BCUT2D eigenvalue weighted by Gasteiger charge is -2.02. The van der Waals surface area contributed by atoms with Gasteiger partial charge >= 0.3 is 0 Å². The molecule has 0 aliphatic carbocycles. The van der Waals surface area contributed by atoms with E-state index in [-0.39, 0.29) is 0 Å². The monoisotopic (exact) mass is 247 g/mol. The maximum atomic E-state index is 4.81. The van der Waals surface area contributed by atoms with Crippen LogP contribution in [0.3, 0.4) is 0 Å². The Bertz CT molecular complexity index is 935. The van der Waals surface area contributed by atoms with E-state index in [0.29, 0.717) is 0 Å². The van der Waals surface area contributed by atoms with Gasteiger partial charge in [0.1, 0.15) is 5.52 Å². The van der Waals surface area contributed by atoms with Crippen LogP contribution in [-0.4, -0.2) is 14.5 Å². The first-order chi connectivity index (χ1) is 9.25. The lowest BCUT2D eigenvalue weighted by molar-refractivity contribution is 0.991. The zero-order chi connectivity index (χ0) is 13.0. The zero-order valence-electron chi connectivity index (χ0n) is 10.9. The van der Waals surface area contributed by atoms with Gasteiger partial charge in [0.05, 0.1) is 16.6 Å². The number of fused-ring (bicyclic) bond motifs is 4. The van der Waals surface area contributed by atoms with E-state index in [0.717, 1.165) is 33.1 Å². The molecule has 0 unspecified atom stereocenters. The second kappa shape index (κ2) is 3.54. The van der Waals surface area contributed by atoms with Gasteiger partial charge in [0.2, 0.25) is 0 Å². The smallest absolute Gasteiger partial charge is 0.160 e. The van der Waals surface area contributed by atoms with Crippen LogP contribution < -0.4 is 0 Å². The topological polar surface area (TPSA) is 30.7 Å². The number of rotatable bonds is 0. The minimum Gasteiger partial charge on any atom is -0.327 e. The Morgan fingerprint density at radius 2 is 1.74 bits per heavy atom. The standard InChI is InChI=1S/C16H13N3/c1-10-6-5-8-12-14(10)18-16-15(17-12)11-7-3-4-9-13(11)19(16)2/h3-9H,1-2H3. The van der Waals surface area contributed by atoms with Crippen molar-refractivity contribution in [3.8, 4) is 0 Å². The Morgan fingerprint density at radius 3 is 2.63 bits per heavy atom. The number of aryl methyl sites for hydroxylation is 2. The third kappa shape index (κ3) is 1.32. The van der Waals surface area contributed by atoms with Gasteiger partial charge in [0.25, 0.3) is 0 Å². The van der Waals surface area contributed by atoms with Crippen LogP contribution in [0.15, 0.2) is 42.5 Å². The summed E-state index contributed by atoms with van der Waals surface area (Å²) in [6, 6.07) is 14.4. The largest absolute Gasteiger partial charge is 0.327 e. The summed E-state index contributed by atoms with van der Waals surface area (Å²) in [6.45, 7) is 2.07. The lowest BCUT2D eigenvalue weighted by Crippen LogP contribution is -1.93. The Labute approximate surface area is 110 Å². The SMILES string of the molecule is Cc1cccc2nc3c4ccccc4n(C)c3nc12. The van der Waals surface area contributed by atoms with Crippen LogP contribution in [0.2, 0.25) is 0 Å². The molecule has 0 saturated carbocycles. The molecule has 2 aromatic heterocycles. The molecule has 0 radical (unpaired) electrons. The number of hydrogen-bond acceptors (Lipinski definition) is 2. The molecule has 3 nitrogen and oxygen atoms in total. The van der Waals surface area contributed by atoms with E-state index in [9.17, 15) is 0 Å². The fourth-order valence-corrected chi connectivity index (χ4v) is 2.70. The molecule has 4 rings (SSSR count). The first-order valence-corrected chi connectivity index (χ1v) is 6.36. The first-order valence-electron chi connectivity index (χ1n) is 6.36. The Hall–Kier alpha value is -2.42. The summed E-state index contributed by atoms with van der Waals surface area (Å²) in [7, 11) is 2.05. The van der Waals surface area contributed by atoms with Gasteiger partial charge in [-0.05, 0) is 24.6 Å². The highest BCUT2D eigenvalue weighted by molar-refractivity contribution is 6.06. The van der Waals surface area contributed by atoms with E-state index in [1.807, 2.05) is 31.3 Å². The Kier molecular flexibility index (Phi) is 1.96. The van der Waals surface area contributed by atoms with Gasteiger partial charge in [0.15, 0.2) is 5.65 Å². The van der Waals surface area contributed by atoms with Crippen LogP contribution >= 0.6 is 0 Å². The fraction of sp³-hybridized carbons (Fsp3) is 0.125. The molecule has 2 heterocycles. The number of aromatic nitrogens is 3. The van der Waals surface area contributed by atoms with Gasteiger partial charge in [-0.2, -0.15) is 0 Å². The molecular weight excluding hydrogens is 234 g/mol. The van der Waals surface area contributed by atoms with E-state index in [1.165, 1.54) is 5.52 Å². The molecule has 0 bridgehead atoms. The predicted molar refractivity (Wildman–Crippen MR) is 78.3 cm³/mol. The van der Waals surface area contributed by atoms with Crippen molar-refractivity contribution in [2.75, 3.05) is 0 Å². The number of nitrogens with zero attached hydrogens (tertiary/aromatic N) is 3. The van der Waals surface area contributed by atoms with Crippen molar-refractivity contribution in [2.24, 2.45) is 7.05 Å². The predicted octanol–water partition coefficient (Wildman–Crippen LogP) is 3.58. The van der Waals surface area contributed by atoms with Crippen LogP contribution in [0.5, 0.6) is 0 Å². The van der Waals surface area contributed by atoms with Crippen LogP contribution in [0.4, 0.5) is 0 Å². The molecule has 92 valence electrons. The summed E-state index contributed by atoms with van der Waals surface area (Å²) in [6.07, 6.45) is 0. The summed E-state index contributed by atoms with van der Waals surface area (Å²) >= 11 is 0. The maximum absolute atomic E-state index is 4.81. The van der Waals surface area contributed by atoms with E-state index >= 15 is 0 Å². The van der Waals surface area contributed by atoms with Crippen LogP contribution in [0, 0.1) is 6.92 Å². The van der Waals surface area contributed by atoms with Crippen molar-refractivity contribution < 1.29 is 0 Å². The lowest BCUT2D eigenvalue weighted by atomic mass is 10.2.